The molecule has 1 aliphatic rings. The second-order valence-electron chi connectivity index (χ2n) is 5.08. The van der Waals surface area contributed by atoms with Crippen molar-refractivity contribution in [3.8, 4) is 0 Å². The van der Waals surface area contributed by atoms with Gasteiger partial charge in [-0.25, -0.2) is 4.39 Å². The topological polar surface area (TPSA) is 12.0 Å². The third-order valence-electron chi connectivity index (χ3n) is 3.55. The molecule has 1 nitrogen and oxygen atoms in total. The number of hydrogen-bond acceptors (Lipinski definition) is 1. The summed E-state index contributed by atoms with van der Waals surface area (Å²) in [5.41, 5.74) is 0.894. The van der Waals surface area contributed by atoms with Gasteiger partial charge in [-0.15, -0.1) is 0 Å². The van der Waals surface area contributed by atoms with Crippen LogP contribution in [-0.4, -0.2) is 6.04 Å². The van der Waals surface area contributed by atoms with Gasteiger partial charge in [-0.3, -0.25) is 0 Å². The Labute approximate surface area is 111 Å². The molecule has 0 amide bonds. The number of benzene rings is 1. The molecule has 2 unspecified atom stereocenters. The van der Waals surface area contributed by atoms with Crippen LogP contribution in [-0.2, 0) is 0 Å². The van der Waals surface area contributed by atoms with E-state index in [1.54, 1.807) is 12.1 Å². The van der Waals surface area contributed by atoms with Crippen LogP contribution in [0.1, 0.15) is 39.0 Å². The Morgan fingerprint density at radius 3 is 2.82 bits per heavy atom. The van der Waals surface area contributed by atoms with Crippen molar-refractivity contribution in [3.63, 3.8) is 0 Å². The molecule has 2 atom stereocenters. The molecule has 1 fully saturated rings. The van der Waals surface area contributed by atoms with Crippen LogP contribution >= 0.6 is 15.9 Å². The first-order valence-corrected chi connectivity index (χ1v) is 7.16. The Hall–Kier alpha value is -0.570. The molecular formula is C14H19BrFN. The summed E-state index contributed by atoms with van der Waals surface area (Å²) in [7, 11) is 0. The Balaban J connectivity index is 1.97. The summed E-state index contributed by atoms with van der Waals surface area (Å²) >= 11 is 3.17. The standard InChI is InChI=1S/C14H19BrFN/c1-10-3-2-4-11(6-5-10)17-12-7-8-13(15)14(16)9-12/h7-11,17H,2-6H2,1H3. The first kappa shape index (κ1) is 12.9. The predicted octanol–water partition coefficient (Wildman–Crippen LogP) is 4.97. The lowest BCUT2D eigenvalue weighted by molar-refractivity contribution is 0.502. The molecule has 0 aliphatic heterocycles. The molecule has 1 N–H and O–H groups in total. The third kappa shape index (κ3) is 3.70. The molecule has 0 saturated heterocycles. The Bertz CT molecular complexity index is 380. The van der Waals surface area contributed by atoms with Crippen LogP contribution in [0, 0.1) is 11.7 Å². The Kier molecular flexibility index (Phi) is 4.43. The fourth-order valence-electron chi connectivity index (χ4n) is 2.45. The van der Waals surface area contributed by atoms with Crippen LogP contribution in [0.3, 0.4) is 0 Å². The van der Waals surface area contributed by atoms with Crippen LogP contribution in [0.2, 0.25) is 0 Å². The molecule has 17 heavy (non-hydrogen) atoms. The zero-order valence-corrected chi connectivity index (χ0v) is 11.8. The van der Waals surface area contributed by atoms with Crippen molar-refractivity contribution < 1.29 is 4.39 Å². The highest BCUT2D eigenvalue weighted by Crippen LogP contribution is 2.26. The van der Waals surface area contributed by atoms with Gasteiger partial charge in [0, 0.05) is 11.7 Å². The summed E-state index contributed by atoms with van der Waals surface area (Å²) in [6, 6.07) is 5.76. The van der Waals surface area contributed by atoms with Crippen LogP contribution < -0.4 is 5.32 Å². The zero-order valence-electron chi connectivity index (χ0n) is 10.2. The molecule has 0 spiro atoms. The molecule has 0 bridgehead atoms. The molecular weight excluding hydrogens is 281 g/mol. The van der Waals surface area contributed by atoms with Crippen molar-refractivity contribution in [2.45, 2.75) is 45.1 Å². The van der Waals surface area contributed by atoms with Crippen LogP contribution in [0.25, 0.3) is 0 Å². The van der Waals surface area contributed by atoms with E-state index in [2.05, 4.69) is 28.2 Å². The quantitative estimate of drug-likeness (QED) is 0.760. The van der Waals surface area contributed by atoms with Gasteiger partial charge in [0.05, 0.1) is 4.47 Å². The first-order valence-electron chi connectivity index (χ1n) is 6.37. The summed E-state index contributed by atoms with van der Waals surface area (Å²) < 4.78 is 13.9. The molecule has 1 aromatic rings. The number of halogens is 2. The molecule has 1 saturated carbocycles. The highest BCUT2D eigenvalue weighted by molar-refractivity contribution is 9.10. The number of hydrogen-bond donors (Lipinski definition) is 1. The van der Waals surface area contributed by atoms with Gasteiger partial charge in [0.2, 0.25) is 0 Å². The van der Waals surface area contributed by atoms with Gasteiger partial charge >= 0.3 is 0 Å². The van der Waals surface area contributed by atoms with E-state index in [4.69, 9.17) is 0 Å². The summed E-state index contributed by atoms with van der Waals surface area (Å²) in [6.07, 6.45) is 6.27. The lowest BCUT2D eigenvalue weighted by Gasteiger charge is -2.18. The lowest BCUT2D eigenvalue weighted by atomic mass is 10.0. The first-order chi connectivity index (χ1) is 8.15. The normalized spacial score (nSPS) is 25.4. The minimum atomic E-state index is -0.197. The lowest BCUT2D eigenvalue weighted by Crippen LogP contribution is -2.18. The van der Waals surface area contributed by atoms with Crippen LogP contribution in [0.4, 0.5) is 10.1 Å². The van der Waals surface area contributed by atoms with E-state index < -0.39 is 0 Å². The number of nitrogens with one attached hydrogen (secondary N) is 1. The average molecular weight is 300 g/mol. The van der Waals surface area contributed by atoms with Crippen LogP contribution in [0.5, 0.6) is 0 Å². The van der Waals surface area contributed by atoms with Crippen LogP contribution in [0.15, 0.2) is 22.7 Å². The largest absolute Gasteiger partial charge is 0.382 e. The van der Waals surface area contributed by atoms with E-state index in [9.17, 15) is 4.39 Å². The molecule has 0 heterocycles. The third-order valence-corrected chi connectivity index (χ3v) is 4.19. The molecule has 1 aliphatic carbocycles. The maximum atomic E-state index is 13.4. The molecule has 0 radical (unpaired) electrons. The van der Waals surface area contributed by atoms with Gasteiger partial charge in [0.1, 0.15) is 5.82 Å². The van der Waals surface area contributed by atoms with E-state index in [1.165, 1.54) is 32.1 Å². The summed E-state index contributed by atoms with van der Waals surface area (Å²) in [4.78, 5) is 0. The SMILES string of the molecule is CC1CCCC(Nc2ccc(Br)c(F)c2)CC1. The van der Waals surface area contributed by atoms with E-state index in [1.807, 2.05) is 6.07 Å². The number of rotatable bonds is 2. The van der Waals surface area contributed by atoms with E-state index in [0.29, 0.717) is 10.5 Å². The van der Waals surface area contributed by atoms with Crippen molar-refractivity contribution in [3.05, 3.63) is 28.5 Å². The highest BCUT2D eigenvalue weighted by Gasteiger charge is 2.16. The summed E-state index contributed by atoms with van der Waals surface area (Å²) in [5, 5.41) is 3.45. The van der Waals surface area contributed by atoms with E-state index in [-0.39, 0.29) is 5.82 Å². The molecule has 1 aromatic carbocycles. The second kappa shape index (κ2) is 5.85. The van der Waals surface area contributed by atoms with Gasteiger partial charge < -0.3 is 5.32 Å². The molecule has 3 heteroatoms. The highest BCUT2D eigenvalue weighted by atomic mass is 79.9. The second-order valence-corrected chi connectivity index (χ2v) is 5.94. The fourth-order valence-corrected chi connectivity index (χ4v) is 2.70. The molecule has 2 rings (SSSR count). The van der Waals surface area contributed by atoms with Crippen molar-refractivity contribution in [2.75, 3.05) is 5.32 Å². The molecule has 94 valence electrons. The van der Waals surface area contributed by atoms with Gasteiger partial charge in [0.15, 0.2) is 0 Å². The smallest absolute Gasteiger partial charge is 0.139 e. The van der Waals surface area contributed by atoms with E-state index >= 15 is 0 Å². The van der Waals surface area contributed by atoms with Crippen molar-refractivity contribution in [1.29, 1.82) is 0 Å². The minimum Gasteiger partial charge on any atom is -0.382 e. The number of anilines is 1. The average Bonchev–Trinajstić information content (AvgIpc) is 2.49. The van der Waals surface area contributed by atoms with E-state index in [0.717, 1.165) is 11.6 Å². The van der Waals surface area contributed by atoms with Crippen molar-refractivity contribution in [1.82, 2.24) is 0 Å². The summed E-state index contributed by atoms with van der Waals surface area (Å²) in [5.74, 6) is 0.639. The minimum absolute atomic E-state index is 0.197. The maximum absolute atomic E-state index is 13.4. The van der Waals surface area contributed by atoms with Crippen molar-refractivity contribution >= 4 is 21.6 Å². The Morgan fingerprint density at radius 1 is 1.24 bits per heavy atom. The monoisotopic (exact) mass is 299 g/mol. The molecule has 0 aromatic heterocycles. The van der Waals surface area contributed by atoms with Crippen molar-refractivity contribution in [2.24, 2.45) is 5.92 Å². The van der Waals surface area contributed by atoms with Gasteiger partial charge in [0.25, 0.3) is 0 Å². The van der Waals surface area contributed by atoms with Gasteiger partial charge in [-0.2, -0.15) is 0 Å². The Morgan fingerprint density at radius 2 is 2.06 bits per heavy atom. The predicted molar refractivity (Wildman–Crippen MR) is 73.8 cm³/mol. The van der Waals surface area contributed by atoms with Gasteiger partial charge in [-0.1, -0.05) is 19.8 Å². The zero-order chi connectivity index (χ0) is 12.3. The summed E-state index contributed by atoms with van der Waals surface area (Å²) in [6.45, 7) is 2.32. The van der Waals surface area contributed by atoms with Gasteiger partial charge in [-0.05, 0) is 59.3 Å². The fraction of sp³-hybridized carbons (Fsp3) is 0.571. The maximum Gasteiger partial charge on any atom is 0.139 e.